The van der Waals surface area contributed by atoms with E-state index in [2.05, 4.69) is 12.1 Å². The molecule has 1 aromatic rings. The van der Waals surface area contributed by atoms with Gasteiger partial charge in [-0.05, 0) is 23.6 Å². The largest absolute Gasteiger partial charge is 0.473 e. The highest BCUT2D eigenvalue weighted by Crippen LogP contribution is 2.20. The fraction of sp³-hybridized carbons (Fsp3) is 0.0909. The normalized spacial score (nSPS) is 15.2. The van der Waals surface area contributed by atoms with Crippen molar-refractivity contribution in [2.24, 2.45) is 0 Å². The van der Waals surface area contributed by atoms with Crippen LogP contribution < -0.4 is 0 Å². The first-order valence-electron chi connectivity index (χ1n) is 4.02. The molecule has 0 saturated carbocycles. The average molecular weight is 158 g/mol. The van der Waals surface area contributed by atoms with Gasteiger partial charge in [-0.1, -0.05) is 30.3 Å². The van der Waals surface area contributed by atoms with Crippen LogP contribution in [0.2, 0.25) is 0 Å². The van der Waals surface area contributed by atoms with Gasteiger partial charge < -0.3 is 4.74 Å². The van der Waals surface area contributed by atoms with Gasteiger partial charge in [0, 0.05) is 0 Å². The lowest BCUT2D eigenvalue weighted by molar-refractivity contribution is 0.397. The molecule has 0 bridgehead atoms. The third kappa shape index (κ3) is 1.40. The van der Waals surface area contributed by atoms with Crippen molar-refractivity contribution >= 4 is 5.57 Å². The Morgan fingerprint density at radius 2 is 1.92 bits per heavy atom. The highest BCUT2D eigenvalue weighted by Gasteiger charge is 2.01. The quantitative estimate of drug-likeness (QED) is 0.610. The second-order valence-electron chi connectivity index (χ2n) is 2.72. The van der Waals surface area contributed by atoms with E-state index in [1.165, 1.54) is 11.1 Å². The van der Waals surface area contributed by atoms with Crippen LogP contribution in [0, 0.1) is 0 Å². The van der Waals surface area contributed by atoms with Crippen LogP contribution in [0.4, 0.5) is 0 Å². The number of ether oxygens (including phenoxy) is 1. The first-order valence-corrected chi connectivity index (χ1v) is 4.02. The van der Waals surface area contributed by atoms with Crippen LogP contribution >= 0.6 is 0 Å². The number of allylic oxidation sites excluding steroid dienone is 2. The average Bonchev–Trinajstić information content (AvgIpc) is 2.21. The number of hydrogen-bond donors (Lipinski definition) is 0. The van der Waals surface area contributed by atoms with Crippen LogP contribution in [0.3, 0.4) is 0 Å². The Morgan fingerprint density at radius 1 is 1.08 bits per heavy atom. The molecule has 12 heavy (non-hydrogen) atoms. The standard InChI is InChI=1S/C11H10O/c1-2-5-10(6-3-1)11-7-4-8-12-9-11/h1-6,8-9H,7H2. The zero-order chi connectivity index (χ0) is 8.23. The summed E-state index contributed by atoms with van der Waals surface area (Å²) in [5.41, 5.74) is 2.47. The Morgan fingerprint density at radius 3 is 2.58 bits per heavy atom. The molecule has 0 aromatic heterocycles. The Hall–Kier alpha value is -1.50. The van der Waals surface area contributed by atoms with Crippen LogP contribution in [-0.2, 0) is 4.74 Å². The van der Waals surface area contributed by atoms with Gasteiger partial charge in [0.1, 0.15) is 0 Å². The smallest absolute Gasteiger partial charge is 0.0942 e. The van der Waals surface area contributed by atoms with E-state index in [1.54, 1.807) is 12.5 Å². The molecule has 0 amide bonds. The summed E-state index contributed by atoms with van der Waals surface area (Å²) >= 11 is 0. The highest BCUT2D eigenvalue weighted by atomic mass is 16.5. The third-order valence-electron chi connectivity index (χ3n) is 1.87. The molecular formula is C11H10O. The molecule has 0 N–H and O–H groups in total. The monoisotopic (exact) mass is 158 g/mol. The fourth-order valence-corrected chi connectivity index (χ4v) is 1.24. The molecule has 0 spiro atoms. The lowest BCUT2D eigenvalue weighted by Gasteiger charge is -2.07. The fourth-order valence-electron chi connectivity index (χ4n) is 1.24. The van der Waals surface area contributed by atoms with E-state index in [9.17, 15) is 0 Å². The molecule has 60 valence electrons. The van der Waals surface area contributed by atoms with E-state index >= 15 is 0 Å². The molecule has 0 saturated heterocycles. The van der Waals surface area contributed by atoms with Crippen LogP contribution in [0.25, 0.3) is 5.57 Å². The van der Waals surface area contributed by atoms with Crippen LogP contribution in [-0.4, -0.2) is 0 Å². The summed E-state index contributed by atoms with van der Waals surface area (Å²) in [6, 6.07) is 10.3. The molecule has 1 heteroatoms. The first kappa shape index (κ1) is 7.17. The maximum absolute atomic E-state index is 5.09. The minimum Gasteiger partial charge on any atom is -0.473 e. The SMILES string of the molecule is C1=COC=C(c2ccccc2)C1. The van der Waals surface area contributed by atoms with E-state index in [0.29, 0.717) is 0 Å². The van der Waals surface area contributed by atoms with E-state index in [-0.39, 0.29) is 0 Å². The molecule has 0 aliphatic carbocycles. The number of rotatable bonds is 1. The summed E-state index contributed by atoms with van der Waals surface area (Å²) in [4.78, 5) is 0. The Kier molecular flexibility index (Phi) is 1.95. The summed E-state index contributed by atoms with van der Waals surface area (Å²) in [5, 5.41) is 0. The Labute approximate surface area is 72.0 Å². The predicted molar refractivity (Wildman–Crippen MR) is 49.3 cm³/mol. The van der Waals surface area contributed by atoms with Crippen molar-refractivity contribution in [3.05, 3.63) is 54.5 Å². The maximum Gasteiger partial charge on any atom is 0.0942 e. The maximum atomic E-state index is 5.09. The van der Waals surface area contributed by atoms with Crippen molar-refractivity contribution in [2.75, 3.05) is 0 Å². The molecule has 2 rings (SSSR count). The van der Waals surface area contributed by atoms with Gasteiger partial charge >= 0.3 is 0 Å². The van der Waals surface area contributed by atoms with E-state index in [0.717, 1.165) is 6.42 Å². The molecule has 1 nitrogen and oxygen atoms in total. The molecule has 0 unspecified atom stereocenters. The van der Waals surface area contributed by atoms with E-state index in [1.807, 2.05) is 24.3 Å². The first-order chi connectivity index (χ1) is 5.97. The zero-order valence-electron chi connectivity index (χ0n) is 6.73. The van der Waals surface area contributed by atoms with Crippen molar-refractivity contribution in [3.8, 4) is 0 Å². The van der Waals surface area contributed by atoms with Gasteiger partial charge in [-0.3, -0.25) is 0 Å². The number of benzene rings is 1. The van der Waals surface area contributed by atoms with Gasteiger partial charge in [0.05, 0.1) is 12.5 Å². The lowest BCUT2D eigenvalue weighted by atomic mass is 10.0. The third-order valence-corrected chi connectivity index (χ3v) is 1.87. The summed E-state index contributed by atoms with van der Waals surface area (Å²) in [6.07, 6.45) is 6.49. The minimum absolute atomic E-state index is 0.962. The molecule has 1 aliphatic heterocycles. The molecule has 1 heterocycles. The summed E-state index contributed by atoms with van der Waals surface area (Å²) < 4.78 is 5.09. The molecule has 0 radical (unpaired) electrons. The van der Waals surface area contributed by atoms with E-state index in [4.69, 9.17) is 4.74 Å². The van der Waals surface area contributed by atoms with Gasteiger partial charge in [-0.25, -0.2) is 0 Å². The second-order valence-corrected chi connectivity index (χ2v) is 2.72. The van der Waals surface area contributed by atoms with Gasteiger partial charge in [-0.2, -0.15) is 0 Å². The van der Waals surface area contributed by atoms with Gasteiger partial charge in [0.15, 0.2) is 0 Å². The van der Waals surface area contributed by atoms with Crippen LogP contribution in [0.15, 0.2) is 48.9 Å². The predicted octanol–water partition coefficient (Wildman–Crippen LogP) is 2.96. The van der Waals surface area contributed by atoms with E-state index < -0.39 is 0 Å². The van der Waals surface area contributed by atoms with Crippen LogP contribution in [0.5, 0.6) is 0 Å². The number of hydrogen-bond acceptors (Lipinski definition) is 1. The van der Waals surface area contributed by atoms with Crippen molar-refractivity contribution in [1.29, 1.82) is 0 Å². The summed E-state index contributed by atoms with van der Waals surface area (Å²) in [5.74, 6) is 0. The molecular weight excluding hydrogens is 148 g/mol. The minimum atomic E-state index is 0.962. The van der Waals surface area contributed by atoms with Crippen molar-refractivity contribution < 1.29 is 4.74 Å². The van der Waals surface area contributed by atoms with Crippen molar-refractivity contribution in [3.63, 3.8) is 0 Å². The van der Waals surface area contributed by atoms with Crippen molar-refractivity contribution in [1.82, 2.24) is 0 Å². The Bertz CT molecular complexity index is 309. The lowest BCUT2D eigenvalue weighted by Crippen LogP contribution is -1.87. The molecule has 1 aliphatic rings. The van der Waals surface area contributed by atoms with Gasteiger partial charge in [-0.15, -0.1) is 0 Å². The second kappa shape index (κ2) is 3.26. The van der Waals surface area contributed by atoms with Crippen LogP contribution in [0.1, 0.15) is 12.0 Å². The molecule has 0 fully saturated rings. The molecule has 1 aromatic carbocycles. The Balaban J connectivity index is 2.26. The highest BCUT2D eigenvalue weighted by molar-refractivity contribution is 5.66. The summed E-state index contributed by atoms with van der Waals surface area (Å²) in [7, 11) is 0. The topological polar surface area (TPSA) is 9.23 Å². The van der Waals surface area contributed by atoms with Gasteiger partial charge in [0.2, 0.25) is 0 Å². The summed E-state index contributed by atoms with van der Waals surface area (Å²) in [6.45, 7) is 0. The zero-order valence-corrected chi connectivity index (χ0v) is 6.73. The van der Waals surface area contributed by atoms with Crippen molar-refractivity contribution in [2.45, 2.75) is 6.42 Å². The molecule has 0 atom stereocenters. The van der Waals surface area contributed by atoms with Gasteiger partial charge in [0.25, 0.3) is 0 Å².